The molecule has 64 valence electrons. The van der Waals surface area contributed by atoms with Crippen molar-refractivity contribution in [3.63, 3.8) is 0 Å². The van der Waals surface area contributed by atoms with E-state index in [4.69, 9.17) is 0 Å². The molecule has 0 saturated carbocycles. The van der Waals surface area contributed by atoms with Gasteiger partial charge in [0.1, 0.15) is 0 Å². The number of anilines is 1. The van der Waals surface area contributed by atoms with Gasteiger partial charge >= 0.3 is 0 Å². The number of hydrazone groups is 1. The number of hydrogen-bond acceptors (Lipinski definition) is 2. The van der Waals surface area contributed by atoms with Crippen LogP contribution in [0.2, 0.25) is 0 Å². The summed E-state index contributed by atoms with van der Waals surface area (Å²) < 4.78 is 0. The van der Waals surface area contributed by atoms with E-state index in [0.717, 1.165) is 12.1 Å². The molecule has 0 amide bonds. The van der Waals surface area contributed by atoms with Gasteiger partial charge in [0.2, 0.25) is 0 Å². The fraction of sp³-hybridized carbons (Fsp3) is 0.300. The molecule has 1 aromatic carbocycles. The lowest BCUT2D eigenvalue weighted by atomic mass is 10.1. The third kappa shape index (κ3) is 1.84. The number of benzene rings is 1. The Bertz CT molecular complexity index is 279. The van der Waals surface area contributed by atoms with Crippen molar-refractivity contribution < 1.29 is 0 Å². The van der Waals surface area contributed by atoms with Crippen molar-refractivity contribution in [3.05, 3.63) is 29.3 Å². The van der Waals surface area contributed by atoms with E-state index in [-0.39, 0.29) is 0 Å². The average Bonchev–Trinajstić information content (AvgIpc) is 2.05. The molecule has 0 saturated heterocycles. The molecule has 0 aliphatic rings. The van der Waals surface area contributed by atoms with E-state index in [9.17, 15) is 0 Å². The van der Waals surface area contributed by atoms with Crippen molar-refractivity contribution in [1.82, 2.24) is 0 Å². The Kier molecular flexibility index (Phi) is 2.86. The van der Waals surface area contributed by atoms with E-state index in [2.05, 4.69) is 49.3 Å². The molecule has 2 heteroatoms. The van der Waals surface area contributed by atoms with E-state index in [1.807, 2.05) is 0 Å². The highest BCUT2D eigenvalue weighted by atomic mass is 15.3. The molecule has 0 radical (unpaired) electrons. The number of hydrogen-bond donors (Lipinski definition) is 1. The van der Waals surface area contributed by atoms with E-state index in [1.54, 1.807) is 0 Å². The Balaban J connectivity index is 3.03. The third-order valence-corrected chi connectivity index (χ3v) is 1.85. The first-order valence-corrected chi connectivity index (χ1v) is 4.09. The molecule has 12 heavy (non-hydrogen) atoms. The molecule has 1 N–H and O–H groups in total. The minimum atomic E-state index is 1.01. The standard InChI is InChI=1S/C10H14N2/c1-4-9-6-5-8(2)7-10(9)12-11-3/h5-7,12H,3-4H2,1-2H3. The summed E-state index contributed by atoms with van der Waals surface area (Å²) in [4.78, 5) is 0. The van der Waals surface area contributed by atoms with Crippen LogP contribution < -0.4 is 5.43 Å². The summed E-state index contributed by atoms with van der Waals surface area (Å²) in [5.41, 5.74) is 6.45. The van der Waals surface area contributed by atoms with Gasteiger partial charge < -0.3 is 0 Å². The van der Waals surface area contributed by atoms with Gasteiger partial charge in [-0.1, -0.05) is 19.1 Å². The molecule has 0 spiro atoms. The molecule has 0 bridgehead atoms. The Labute approximate surface area is 73.3 Å². The molecule has 1 aromatic rings. The Hall–Kier alpha value is -1.31. The maximum absolute atomic E-state index is 3.66. The molecule has 2 nitrogen and oxygen atoms in total. The lowest BCUT2D eigenvalue weighted by molar-refractivity contribution is 1.12. The summed E-state index contributed by atoms with van der Waals surface area (Å²) in [6, 6.07) is 6.30. The summed E-state index contributed by atoms with van der Waals surface area (Å²) in [5, 5.41) is 3.66. The molecule has 1 rings (SSSR count). The molecule has 0 aliphatic heterocycles. The van der Waals surface area contributed by atoms with Gasteiger partial charge in [-0.25, -0.2) is 0 Å². The highest BCUT2D eigenvalue weighted by Crippen LogP contribution is 2.17. The van der Waals surface area contributed by atoms with Crippen LogP contribution in [0.15, 0.2) is 23.3 Å². The third-order valence-electron chi connectivity index (χ3n) is 1.85. The van der Waals surface area contributed by atoms with Crippen LogP contribution >= 0.6 is 0 Å². The smallest absolute Gasteiger partial charge is 0.0596 e. The largest absolute Gasteiger partial charge is 0.279 e. The second-order valence-electron chi connectivity index (χ2n) is 2.78. The summed E-state index contributed by atoms with van der Waals surface area (Å²) in [5.74, 6) is 0. The maximum Gasteiger partial charge on any atom is 0.0596 e. The fourth-order valence-corrected chi connectivity index (χ4v) is 1.19. The van der Waals surface area contributed by atoms with Gasteiger partial charge in [0.15, 0.2) is 0 Å². The van der Waals surface area contributed by atoms with Gasteiger partial charge in [0, 0.05) is 6.72 Å². The Morgan fingerprint density at radius 1 is 1.50 bits per heavy atom. The quantitative estimate of drug-likeness (QED) is 0.536. The molecule has 0 unspecified atom stereocenters. The molecular formula is C10H14N2. The molecule has 0 atom stereocenters. The summed E-state index contributed by atoms with van der Waals surface area (Å²) in [6.07, 6.45) is 1.01. The van der Waals surface area contributed by atoms with Crippen LogP contribution in [0.25, 0.3) is 0 Å². The highest BCUT2D eigenvalue weighted by molar-refractivity contribution is 5.53. The van der Waals surface area contributed by atoms with Crippen molar-refractivity contribution in [3.8, 4) is 0 Å². The fourth-order valence-electron chi connectivity index (χ4n) is 1.19. The maximum atomic E-state index is 3.66. The highest BCUT2D eigenvalue weighted by Gasteiger charge is 1.98. The van der Waals surface area contributed by atoms with Crippen molar-refractivity contribution in [2.24, 2.45) is 5.10 Å². The lowest BCUT2D eigenvalue weighted by Crippen LogP contribution is -1.93. The van der Waals surface area contributed by atoms with Crippen molar-refractivity contribution >= 4 is 12.4 Å². The van der Waals surface area contributed by atoms with Gasteiger partial charge in [-0.05, 0) is 30.5 Å². The number of nitrogens with zero attached hydrogens (tertiary/aromatic N) is 1. The van der Waals surface area contributed by atoms with E-state index in [0.29, 0.717) is 0 Å². The van der Waals surface area contributed by atoms with Crippen molar-refractivity contribution in [2.75, 3.05) is 5.43 Å². The van der Waals surface area contributed by atoms with Gasteiger partial charge in [-0.2, -0.15) is 5.10 Å². The van der Waals surface area contributed by atoms with Crippen LogP contribution in [0.1, 0.15) is 18.1 Å². The van der Waals surface area contributed by atoms with Gasteiger partial charge in [-0.15, -0.1) is 0 Å². The predicted octanol–water partition coefficient (Wildman–Crippen LogP) is 2.58. The summed E-state index contributed by atoms with van der Waals surface area (Å²) in [6.45, 7) is 7.59. The zero-order valence-electron chi connectivity index (χ0n) is 7.59. The van der Waals surface area contributed by atoms with Crippen molar-refractivity contribution in [2.45, 2.75) is 20.3 Å². The van der Waals surface area contributed by atoms with Crippen LogP contribution in [0.3, 0.4) is 0 Å². The monoisotopic (exact) mass is 162 g/mol. The first-order chi connectivity index (χ1) is 5.77. The number of rotatable bonds is 3. The Morgan fingerprint density at radius 3 is 2.83 bits per heavy atom. The summed E-state index contributed by atoms with van der Waals surface area (Å²) >= 11 is 0. The van der Waals surface area contributed by atoms with E-state index < -0.39 is 0 Å². The van der Waals surface area contributed by atoms with Crippen LogP contribution in [0.4, 0.5) is 5.69 Å². The number of nitrogens with one attached hydrogen (secondary N) is 1. The lowest BCUT2D eigenvalue weighted by Gasteiger charge is -2.06. The Morgan fingerprint density at radius 2 is 2.25 bits per heavy atom. The average molecular weight is 162 g/mol. The van der Waals surface area contributed by atoms with Crippen LogP contribution in [-0.4, -0.2) is 6.72 Å². The minimum Gasteiger partial charge on any atom is -0.279 e. The van der Waals surface area contributed by atoms with Crippen LogP contribution in [0.5, 0.6) is 0 Å². The molecule has 0 aromatic heterocycles. The topological polar surface area (TPSA) is 24.4 Å². The van der Waals surface area contributed by atoms with E-state index >= 15 is 0 Å². The zero-order valence-corrected chi connectivity index (χ0v) is 7.59. The molecule has 0 fully saturated rings. The number of aryl methyl sites for hydroxylation is 2. The molecule has 0 heterocycles. The molecule has 0 aliphatic carbocycles. The first-order valence-electron chi connectivity index (χ1n) is 4.09. The first kappa shape index (κ1) is 8.78. The van der Waals surface area contributed by atoms with Crippen LogP contribution in [0, 0.1) is 6.92 Å². The molecular weight excluding hydrogens is 148 g/mol. The van der Waals surface area contributed by atoms with E-state index in [1.165, 1.54) is 11.1 Å². The zero-order chi connectivity index (χ0) is 8.97. The SMILES string of the molecule is C=NNc1cc(C)ccc1CC. The minimum absolute atomic E-state index is 1.01. The van der Waals surface area contributed by atoms with Gasteiger partial charge in [-0.3, -0.25) is 5.43 Å². The summed E-state index contributed by atoms with van der Waals surface area (Å²) in [7, 11) is 0. The second-order valence-corrected chi connectivity index (χ2v) is 2.78. The van der Waals surface area contributed by atoms with Crippen LogP contribution in [-0.2, 0) is 6.42 Å². The predicted molar refractivity (Wildman–Crippen MR) is 53.7 cm³/mol. The van der Waals surface area contributed by atoms with Gasteiger partial charge in [0.05, 0.1) is 5.69 Å². The van der Waals surface area contributed by atoms with Crippen molar-refractivity contribution in [1.29, 1.82) is 0 Å². The normalized spacial score (nSPS) is 9.50. The van der Waals surface area contributed by atoms with Gasteiger partial charge in [0.25, 0.3) is 0 Å². The second kappa shape index (κ2) is 3.90.